The smallest absolute Gasteiger partial charge is 0.0437 e. The Hall–Kier alpha value is -0.830. The topological polar surface area (TPSA) is 29.1 Å². The van der Waals surface area contributed by atoms with E-state index in [1.54, 1.807) is 0 Å². The molecule has 1 heterocycles. The Morgan fingerprint density at radius 2 is 2.07 bits per heavy atom. The summed E-state index contributed by atoms with van der Waals surface area (Å²) in [5.41, 5.74) is 1.14. The molecule has 0 amide bonds. The van der Waals surface area contributed by atoms with Crippen LogP contribution in [0.25, 0.3) is 0 Å². The summed E-state index contributed by atoms with van der Waals surface area (Å²) in [5, 5.41) is 3.42. The molecule has 0 aromatic heterocycles. The van der Waals surface area contributed by atoms with E-state index in [0.29, 0.717) is 6.04 Å². The molecule has 76 valence electrons. The molecule has 1 aliphatic rings. The third-order valence-electron chi connectivity index (χ3n) is 2.46. The molecule has 0 bridgehead atoms. The Morgan fingerprint density at radius 3 is 2.79 bits per heavy atom. The lowest BCUT2D eigenvalue weighted by Gasteiger charge is -2.23. The van der Waals surface area contributed by atoms with Gasteiger partial charge in [-0.25, -0.2) is 0 Å². The Bertz CT molecular complexity index is 312. The molecule has 2 atom stereocenters. The Labute approximate surface area is 87.2 Å². The summed E-state index contributed by atoms with van der Waals surface area (Å²) >= 11 is 0. The summed E-state index contributed by atoms with van der Waals surface area (Å²) in [4.78, 5) is 0. The monoisotopic (exact) mass is 209 g/mol. The molecule has 1 unspecified atom stereocenters. The van der Waals surface area contributed by atoms with Crippen molar-refractivity contribution in [2.45, 2.75) is 18.9 Å². The molecule has 1 saturated heterocycles. The highest BCUT2D eigenvalue weighted by molar-refractivity contribution is 7.85. The van der Waals surface area contributed by atoms with Gasteiger partial charge in [0.15, 0.2) is 0 Å². The van der Waals surface area contributed by atoms with Gasteiger partial charge in [0.1, 0.15) is 0 Å². The maximum atomic E-state index is 11.3. The highest BCUT2D eigenvalue weighted by atomic mass is 32.2. The molecule has 14 heavy (non-hydrogen) atoms. The summed E-state index contributed by atoms with van der Waals surface area (Å²) < 4.78 is 11.3. The van der Waals surface area contributed by atoms with Gasteiger partial charge in [-0.1, -0.05) is 18.2 Å². The van der Waals surface area contributed by atoms with Gasteiger partial charge in [-0.15, -0.1) is 0 Å². The van der Waals surface area contributed by atoms with Crippen molar-refractivity contribution in [3.63, 3.8) is 0 Å². The summed E-state index contributed by atoms with van der Waals surface area (Å²) in [5.74, 6) is 1.68. The van der Waals surface area contributed by atoms with Crippen LogP contribution in [0, 0.1) is 0 Å². The number of para-hydroxylation sites is 1. The molecule has 1 aliphatic heterocycles. The van der Waals surface area contributed by atoms with Crippen LogP contribution in [-0.2, 0) is 10.8 Å². The van der Waals surface area contributed by atoms with Crippen molar-refractivity contribution in [1.82, 2.24) is 0 Å². The molecule has 2 rings (SSSR count). The van der Waals surface area contributed by atoms with Gasteiger partial charge in [0.05, 0.1) is 0 Å². The van der Waals surface area contributed by atoms with Crippen LogP contribution >= 0.6 is 0 Å². The van der Waals surface area contributed by atoms with Gasteiger partial charge in [-0.2, -0.15) is 0 Å². The Morgan fingerprint density at radius 1 is 1.29 bits per heavy atom. The SMILES string of the molecule is O=S1CCC[C@@H](Nc2ccccc2)C1. The van der Waals surface area contributed by atoms with E-state index in [1.165, 1.54) is 0 Å². The first-order chi connectivity index (χ1) is 6.84. The molecule has 2 nitrogen and oxygen atoms in total. The molecule has 0 aliphatic carbocycles. The van der Waals surface area contributed by atoms with Gasteiger partial charge >= 0.3 is 0 Å². The van der Waals surface area contributed by atoms with E-state index in [2.05, 4.69) is 17.4 Å². The number of rotatable bonds is 2. The fourth-order valence-electron chi connectivity index (χ4n) is 1.77. The molecule has 0 saturated carbocycles. The van der Waals surface area contributed by atoms with Crippen molar-refractivity contribution < 1.29 is 4.21 Å². The maximum Gasteiger partial charge on any atom is 0.0437 e. The highest BCUT2D eigenvalue weighted by Gasteiger charge is 2.17. The van der Waals surface area contributed by atoms with Crippen LogP contribution in [0.1, 0.15) is 12.8 Å². The molecule has 1 aromatic carbocycles. The minimum atomic E-state index is -0.606. The molecule has 1 aromatic rings. The van der Waals surface area contributed by atoms with Crippen molar-refractivity contribution in [3.8, 4) is 0 Å². The average Bonchev–Trinajstić information content (AvgIpc) is 2.19. The molecule has 0 radical (unpaired) electrons. The largest absolute Gasteiger partial charge is 0.381 e. The van der Waals surface area contributed by atoms with Crippen molar-refractivity contribution in [3.05, 3.63) is 30.3 Å². The molecular weight excluding hydrogens is 194 g/mol. The van der Waals surface area contributed by atoms with E-state index >= 15 is 0 Å². The molecule has 0 spiro atoms. The summed E-state index contributed by atoms with van der Waals surface area (Å²) in [6.45, 7) is 0. The van der Waals surface area contributed by atoms with Crippen LogP contribution in [0.3, 0.4) is 0 Å². The Kier molecular flexibility index (Phi) is 3.19. The zero-order chi connectivity index (χ0) is 9.80. The number of anilines is 1. The molecule has 1 N–H and O–H groups in total. The van der Waals surface area contributed by atoms with Crippen LogP contribution in [0.15, 0.2) is 30.3 Å². The van der Waals surface area contributed by atoms with E-state index in [1.807, 2.05) is 18.2 Å². The van der Waals surface area contributed by atoms with Crippen molar-refractivity contribution in [1.29, 1.82) is 0 Å². The van der Waals surface area contributed by atoms with E-state index in [-0.39, 0.29) is 0 Å². The normalized spacial score (nSPS) is 27.1. The lowest BCUT2D eigenvalue weighted by atomic mass is 10.2. The fraction of sp³-hybridized carbons (Fsp3) is 0.455. The molecular formula is C11H15NOS. The number of hydrogen-bond donors (Lipinski definition) is 1. The predicted molar refractivity (Wildman–Crippen MR) is 61.0 cm³/mol. The van der Waals surface area contributed by atoms with Gasteiger partial charge in [-0.3, -0.25) is 4.21 Å². The van der Waals surface area contributed by atoms with Crippen molar-refractivity contribution >= 4 is 16.5 Å². The average molecular weight is 209 g/mol. The van der Waals surface area contributed by atoms with E-state index in [0.717, 1.165) is 30.0 Å². The van der Waals surface area contributed by atoms with Gasteiger partial charge in [0.25, 0.3) is 0 Å². The predicted octanol–water partition coefficient (Wildman–Crippen LogP) is 2.01. The second kappa shape index (κ2) is 4.60. The third-order valence-corrected chi connectivity index (χ3v) is 3.97. The minimum absolute atomic E-state index is 0.395. The highest BCUT2D eigenvalue weighted by Crippen LogP contribution is 2.15. The zero-order valence-corrected chi connectivity index (χ0v) is 8.93. The third kappa shape index (κ3) is 2.58. The fourth-order valence-corrected chi connectivity index (χ4v) is 3.12. The lowest BCUT2D eigenvalue weighted by Crippen LogP contribution is -2.31. The van der Waals surface area contributed by atoms with Gasteiger partial charge in [-0.05, 0) is 25.0 Å². The quantitative estimate of drug-likeness (QED) is 0.807. The van der Waals surface area contributed by atoms with Crippen LogP contribution in [0.2, 0.25) is 0 Å². The van der Waals surface area contributed by atoms with Gasteiger partial charge < -0.3 is 5.32 Å². The van der Waals surface area contributed by atoms with E-state index < -0.39 is 10.8 Å². The van der Waals surface area contributed by atoms with Crippen LogP contribution in [-0.4, -0.2) is 21.8 Å². The molecule has 1 fully saturated rings. The number of nitrogens with one attached hydrogen (secondary N) is 1. The molecule has 3 heteroatoms. The van der Waals surface area contributed by atoms with Crippen LogP contribution in [0.5, 0.6) is 0 Å². The van der Waals surface area contributed by atoms with Crippen molar-refractivity contribution in [2.75, 3.05) is 16.8 Å². The second-order valence-corrected chi connectivity index (χ2v) is 5.28. The van der Waals surface area contributed by atoms with E-state index in [9.17, 15) is 4.21 Å². The summed E-state index contributed by atoms with van der Waals surface area (Å²) in [6.07, 6.45) is 2.22. The van der Waals surface area contributed by atoms with Crippen LogP contribution < -0.4 is 5.32 Å². The van der Waals surface area contributed by atoms with E-state index in [4.69, 9.17) is 0 Å². The standard InChI is InChI=1S/C11H15NOS/c13-14-8-4-7-11(9-14)12-10-5-2-1-3-6-10/h1-3,5-6,11-12H,4,7-9H2/t11-,14?/m1/s1. The maximum absolute atomic E-state index is 11.3. The summed E-state index contributed by atoms with van der Waals surface area (Å²) in [6, 6.07) is 10.5. The zero-order valence-electron chi connectivity index (χ0n) is 8.11. The van der Waals surface area contributed by atoms with Crippen LogP contribution in [0.4, 0.5) is 5.69 Å². The summed E-state index contributed by atoms with van der Waals surface area (Å²) in [7, 11) is -0.606. The number of benzene rings is 1. The first-order valence-electron chi connectivity index (χ1n) is 5.01. The van der Waals surface area contributed by atoms with Gasteiger partial charge in [0.2, 0.25) is 0 Å². The first-order valence-corrected chi connectivity index (χ1v) is 6.50. The Balaban J connectivity index is 1.94. The lowest BCUT2D eigenvalue weighted by molar-refractivity contribution is 0.632. The first kappa shape index (κ1) is 9.71. The number of hydrogen-bond acceptors (Lipinski definition) is 2. The van der Waals surface area contributed by atoms with Crippen molar-refractivity contribution in [2.24, 2.45) is 0 Å². The second-order valence-electron chi connectivity index (χ2n) is 3.66. The minimum Gasteiger partial charge on any atom is -0.381 e. The van der Waals surface area contributed by atoms with Gasteiger partial charge in [0, 0.05) is 34.0 Å².